The molecule has 0 radical (unpaired) electrons. The molecule has 4 nitrogen and oxygen atoms in total. The van der Waals surface area contributed by atoms with Gasteiger partial charge in [0.15, 0.2) is 0 Å². The zero-order chi connectivity index (χ0) is 46.5. The van der Waals surface area contributed by atoms with E-state index in [2.05, 4.69) is 225 Å². The molecule has 340 valence electrons. The first kappa shape index (κ1) is 47.2. The summed E-state index contributed by atoms with van der Waals surface area (Å²) in [5, 5.41) is 11.8. The SMILES string of the molecule is CC(C)c1cc(-c2ccnc(-c3[c-]c(-c4cccc5c4nc(-c4cc(C(C)(C)C)ccc4O)n5-c4ccc(C(C)(C)C)cc4-c4ccccc4)cc(-c4ccccc4)c3)c2)cc(C(C)C)c1.[Pt]. The summed E-state index contributed by atoms with van der Waals surface area (Å²) in [7, 11) is 0. The van der Waals surface area contributed by atoms with Crippen LogP contribution in [0.3, 0.4) is 0 Å². The fraction of sp³-hybridized carbons (Fsp3) is 0.226. The molecule has 0 amide bonds. The summed E-state index contributed by atoms with van der Waals surface area (Å²) in [5.41, 5.74) is 18.4. The smallest absolute Gasteiger partial charge is 0.148 e. The Kier molecular flexibility index (Phi) is 13.2. The quantitative estimate of drug-likeness (QED) is 0.147. The molecule has 2 aromatic heterocycles. The first-order valence-corrected chi connectivity index (χ1v) is 23.3. The fourth-order valence-corrected chi connectivity index (χ4v) is 8.89. The van der Waals surface area contributed by atoms with Gasteiger partial charge in [-0.1, -0.05) is 195 Å². The Labute approximate surface area is 412 Å². The Balaban J connectivity index is 0.00000608. The maximum Gasteiger partial charge on any atom is 0.148 e. The number of aromatic nitrogens is 3. The first-order valence-electron chi connectivity index (χ1n) is 23.3. The van der Waals surface area contributed by atoms with Crippen molar-refractivity contribution in [1.29, 1.82) is 0 Å². The van der Waals surface area contributed by atoms with Crippen LogP contribution in [-0.2, 0) is 31.9 Å². The van der Waals surface area contributed by atoms with Crippen LogP contribution in [0.1, 0.15) is 103 Å². The van der Waals surface area contributed by atoms with E-state index in [0.29, 0.717) is 23.2 Å². The third-order valence-corrected chi connectivity index (χ3v) is 12.9. The van der Waals surface area contributed by atoms with Crippen LogP contribution in [0.2, 0.25) is 0 Å². The van der Waals surface area contributed by atoms with Gasteiger partial charge in [-0.05, 0) is 104 Å². The fourth-order valence-electron chi connectivity index (χ4n) is 8.89. The zero-order valence-corrected chi connectivity index (χ0v) is 42.6. The van der Waals surface area contributed by atoms with Gasteiger partial charge in [-0.2, -0.15) is 0 Å². The molecule has 7 aromatic carbocycles. The van der Waals surface area contributed by atoms with Gasteiger partial charge in [-0.3, -0.25) is 9.55 Å². The third-order valence-electron chi connectivity index (χ3n) is 12.9. The van der Waals surface area contributed by atoms with Crippen LogP contribution in [-0.4, -0.2) is 19.6 Å². The minimum absolute atomic E-state index is 0. The number of benzene rings is 7. The maximum absolute atomic E-state index is 11.8. The first-order chi connectivity index (χ1) is 31.5. The molecule has 2 heterocycles. The van der Waals surface area contributed by atoms with Crippen LogP contribution in [0.5, 0.6) is 5.75 Å². The largest absolute Gasteiger partial charge is 0.507 e. The van der Waals surface area contributed by atoms with Gasteiger partial charge < -0.3 is 5.11 Å². The van der Waals surface area contributed by atoms with Gasteiger partial charge in [-0.25, -0.2) is 4.98 Å². The number of hydrogen-bond acceptors (Lipinski definition) is 3. The minimum atomic E-state index is -0.156. The Morgan fingerprint density at radius 3 is 1.72 bits per heavy atom. The van der Waals surface area contributed by atoms with Crippen molar-refractivity contribution in [3.8, 4) is 78.6 Å². The van der Waals surface area contributed by atoms with E-state index >= 15 is 0 Å². The van der Waals surface area contributed by atoms with Crippen LogP contribution in [0.15, 0.2) is 164 Å². The molecule has 1 N–H and O–H groups in total. The van der Waals surface area contributed by atoms with Gasteiger partial charge in [-0.15, -0.1) is 23.8 Å². The second-order valence-electron chi connectivity index (χ2n) is 20.5. The summed E-state index contributed by atoms with van der Waals surface area (Å²) in [6.07, 6.45) is 1.92. The van der Waals surface area contributed by atoms with Crippen molar-refractivity contribution in [2.24, 2.45) is 0 Å². The number of hydrogen-bond donors (Lipinski definition) is 1. The molecule has 9 rings (SSSR count). The molecule has 0 aliphatic carbocycles. The molecule has 0 atom stereocenters. The number of phenols is 1. The molecule has 0 bridgehead atoms. The van der Waals surface area contributed by atoms with Crippen LogP contribution >= 0.6 is 0 Å². The number of phenolic OH excluding ortho intramolecular Hbond substituents is 1. The summed E-state index contributed by atoms with van der Waals surface area (Å²) in [4.78, 5) is 10.6. The Morgan fingerprint density at radius 1 is 0.507 bits per heavy atom. The number of nitrogens with zero attached hydrogens (tertiary/aromatic N) is 3. The van der Waals surface area contributed by atoms with Gasteiger partial charge in [0.05, 0.1) is 22.3 Å². The maximum atomic E-state index is 11.8. The molecule has 0 saturated carbocycles. The molecule has 0 aliphatic heterocycles. The van der Waals surface area contributed by atoms with E-state index in [9.17, 15) is 5.11 Å². The Hall–Kier alpha value is -6.35. The second kappa shape index (κ2) is 18.7. The normalized spacial score (nSPS) is 11.9. The molecule has 67 heavy (non-hydrogen) atoms. The Bertz CT molecular complexity index is 3200. The predicted molar refractivity (Wildman–Crippen MR) is 278 cm³/mol. The van der Waals surface area contributed by atoms with Gasteiger partial charge >= 0.3 is 0 Å². The van der Waals surface area contributed by atoms with Crippen LogP contribution in [0, 0.1) is 6.07 Å². The third kappa shape index (κ3) is 9.61. The van der Waals surface area contributed by atoms with Crippen molar-refractivity contribution in [2.45, 2.75) is 91.9 Å². The molecular weight excluding hydrogens is 998 g/mol. The number of para-hydroxylation sites is 1. The van der Waals surface area contributed by atoms with Crippen molar-refractivity contribution >= 4 is 11.0 Å². The van der Waals surface area contributed by atoms with E-state index in [0.717, 1.165) is 72.5 Å². The molecule has 0 aliphatic rings. The average molecular weight is 1060 g/mol. The summed E-state index contributed by atoms with van der Waals surface area (Å²) >= 11 is 0. The van der Waals surface area contributed by atoms with Crippen molar-refractivity contribution in [1.82, 2.24) is 14.5 Å². The van der Waals surface area contributed by atoms with E-state index in [1.807, 2.05) is 18.3 Å². The second-order valence-corrected chi connectivity index (χ2v) is 20.5. The van der Waals surface area contributed by atoms with E-state index in [1.165, 1.54) is 22.3 Å². The number of pyridine rings is 1. The number of imidazole rings is 1. The van der Waals surface area contributed by atoms with Crippen molar-refractivity contribution in [3.05, 3.63) is 192 Å². The molecule has 0 saturated heterocycles. The topological polar surface area (TPSA) is 50.9 Å². The molecule has 5 heteroatoms. The number of aromatic hydroxyl groups is 1. The van der Waals surface area contributed by atoms with Gasteiger partial charge in [0.1, 0.15) is 11.6 Å². The molecule has 9 aromatic rings. The summed E-state index contributed by atoms with van der Waals surface area (Å²) in [6.45, 7) is 22.4. The molecule has 0 fully saturated rings. The molecule has 0 unspecified atom stereocenters. The van der Waals surface area contributed by atoms with E-state index in [-0.39, 0.29) is 37.6 Å². The molecule has 0 spiro atoms. The van der Waals surface area contributed by atoms with Gasteiger partial charge in [0, 0.05) is 38.5 Å². The van der Waals surface area contributed by atoms with Crippen molar-refractivity contribution in [3.63, 3.8) is 0 Å². The van der Waals surface area contributed by atoms with Crippen LogP contribution in [0.25, 0.3) is 83.9 Å². The average Bonchev–Trinajstić information content (AvgIpc) is 3.70. The predicted octanol–water partition coefficient (Wildman–Crippen LogP) is 16.8. The van der Waals surface area contributed by atoms with E-state index in [1.54, 1.807) is 0 Å². The number of rotatable bonds is 9. The number of fused-ring (bicyclic) bond motifs is 1. The zero-order valence-electron chi connectivity index (χ0n) is 40.3. The minimum Gasteiger partial charge on any atom is -0.507 e. The van der Waals surface area contributed by atoms with E-state index in [4.69, 9.17) is 9.97 Å². The molecular formula is C62H60N3OPt-. The monoisotopic (exact) mass is 1060 g/mol. The summed E-state index contributed by atoms with van der Waals surface area (Å²) < 4.78 is 2.25. The van der Waals surface area contributed by atoms with Gasteiger partial charge in [0.25, 0.3) is 0 Å². The van der Waals surface area contributed by atoms with Gasteiger partial charge in [0.2, 0.25) is 0 Å². The summed E-state index contributed by atoms with van der Waals surface area (Å²) in [5.74, 6) is 1.67. The van der Waals surface area contributed by atoms with Crippen LogP contribution in [0.4, 0.5) is 0 Å². The van der Waals surface area contributed by atoms with Crippen molar-refractivity contribution in [2.75, 3.05) is 0 Å². The standard InChI is InChI=1S/C62H60N3O.Pt/c1-39(2)44-30-45(40(3)4)32-47(31-44)43-28-29-63-55(36-43)49-34-46(41-18-13-11-14-19-41)33-48(35-49)52-22-17-23-57-59(52)64-60(54-38-51(62(8,9)10)25-27-58(54)66)65(57)56-26-24-50(61(5,6)7)37-53(56)42-20-15-12-16-21-42;/h11-34,36-40,66H,1-10H3;/q-1;. The summed E-state index contributed by atoms with van der Waals surface area (Å²) in [6, 6.07) is 59.9. The Morgan fingerprint density at radius 2 is 1.09 bits per heavy atom. The van der Waals surface area contributed by atoms with Crippen molar-refractivity contribution < 1.29 is 26.2 Å². The van der Waals surface area contributed by atoms with E-state index < -0.39 is 0 Å². The van der Waals surface area contributed by atoms with Crippen LogP contribution < -0.4 is 0 Å².